The van der Waals surface area contributed by atoms with E-state index in [2.05, 4.69) is 12.2 Å². The minimum absolute atomic E-state index is 0.227. The number of nitrogens with two attached hydrogens (primary N) is 1. The summed E-state index contributed by atoms with van der Waals surface area (Å²) in [7, 11) is 1.56. The van der Waals surface area contributed by atoms with E-state index in [9.17, 15) is 4.79 Å². The quantitative estimate of drug-likeness (QED) is 0.839. The number of carbonyl (C=O) groups excluding carboxylic acids is 1. The van der Waals surface area contributed by atoms with Crippen molar-refractivity contribution in [3.8, 4) is 5.75 Å². The lowest BCUT2D eigenvalue weighted by molar-refractivity contribution is 0.102. The Labute approximate surface area is 118 Å². The molecule has 3 N–H and O–H groups in total. The Morgan fingerprint density at radius 3 is 2.45 bits per heavy atom. The van der Waals surface area contributed by atoms with E-state index in [4.69, 9.17) is 10.5 Å². The minimum Gasteiger partial charge on any atom is -0.497 e. The minimum atomic E-state index is -0.227. The van der Waals surface area contributed by atoms with Crippen LogP contribution in [-0.2, 0) is 6.42 Å². The molecule has 0 radical (unpaired) electrons. The number of nitrogen functional groups attached to an aromatic ring is 1. The zero-order chi connectivity index (χ0) is 14.5. The van der Waals surface area contributed by atoms with E-state index in [1.807, 2.05) is 24.3 Å². The van der Waals surface area contributed by atoms with Crippen LogP contribution in [0, 0.1) is 0 Å². The molecular weight excluding hydrogens is 252 g/mol. The van der Waals surface area contributed by atoms with Crippen molar-refractivity contribution >= 4 is 17.3 Å². The fourth-order valence-electron chi connectivity index (χ4n) is 1.90. The number of carbonyl (C=O) groups is 1. The van der Waals surface area contributed by atoms with Gasteiger partial charge in [0, 0.05) is 17.4 Å². The second-order valence-corrected chi connectivity index (χ2v) is 4.46. The number of methoxy groups -OCH3 is 1. The van der Waals surface area contributed by atoms with Crippen molar-refractivity contribution in [2.24, 2.45) is 0 Å². The molecular formula is C16H18N2O2. The number of amides is 1. The first-order valence-corrected chi connectivity index (χ1v) is 6.48. The zero-order valence-electron chi connectivity index (χ0n) is 11.6. The summed E-state index contributed by atoms with van der Waals surface area (Å²) < 4.78 is 5.06. The maximum atomic E-state index is 12.2. The van der Waals surface area contributed by atoms with Gasteiger partial charge in [0.25, 0.3) is 5.91 Å². The Bertz CT molecular complexity index is 606. The molecule has 0 unspecified atom stereocenters. The van der Waals surface area contributed by atoms with Crippen molar-refractivity contribution in [2.75, 3.05) is 18.2 Å². The van der Waals surface area contributed by atoms with Gasteiger partial charge in [-0.1, -0.05) is 19.1 Å². The summed E-state index contributed by atoms with van der Waals surface area (Å²) in [6.07, 6.45) is 0.972. The molecule has 104 valence electrons. The van der Waals surface area contributed by atoms with Gasteiger partial charge < -0.3 is 15.8 Å². The summed E-state index contributed by atoms with van der Waals surface area (Å²) in [6.45, 7) is 2.09. The summed E-state index contributed by atoms with van der Waals surface area (Å²) in [5.41, 5.74) is 8.67. The van der Waals surface area contributed by atoms with E-state index in [0.29, 0.717) is 17.0 Å². The highest BCUT2D eigenvalue weighted by Gasteiger charge is 2.10. The largest absolute Gasteiger partial charge is 0.497 e. The van der Waals surface area contributed by atoms with Gasteiger partial charge in [0.2, 0.25) is 0 Å². The maximum Gasteiger partial charge on any atom is 0.257 e. The van der Waals surface area contributed by atoms with Crippen molar-refractivity contribution in [3.05, 3.63) is 53.6 Å². The van der Waals surface area contributed by atoms with Crippen LogP contribution in [0.4, 0.5) is 11.4 Å². The Kier molecular flexibility index (Phi) is 4.25. The number of hydrogen-bond donors (Lipinski definition) is 2. The van der Waals surface area contributed by atoms with Gasteiger partial charge in [-0.25, -0.2) is 0 Å². The Morgan fingerprint density at radius 2 is 1.90 bits per heavy atom. The van der Waals surface area contributed by atoms with Crippen LogP contribution >= 0.6 is 0 Å². The summed E-state index contributed by atoms with van der Waals surface area (Å²) in [4.78, 5) is 12.2. The molecule has 2 rings (SSSR count). The topological polar surface area (TPSA) is 64.3 Å². The molecule has 0 fully saturated rings. The molecule has 2 aromatic rings. The molecule has 0 aliphatic heterocycles. The molecule has 20 heavy (non-hydrogen) atoms. The molecule has 0 atom stereocenters. The predicted octanol–water partition coefficient (Wildman–Crippen LogP) is 3.09. The lowest BCUT2D eigenvalue weighted by Crippen LogP contribution is -2.14. The van der Waals surface area contributed by atoms with Crippen molar-refractivity contribution in [3.63, 3.8) is 0 Å². The molecule has 0 aliphatic carbocycles. The fraction of sp³-hybridized carbons (Fsp3) is 0.188. The van der Waals surface area contributed by atoms with Gasteiger partial charge in [-0.3, -0.25) is 4.79 Å². The monoisotopic (exact) mass is 270 g/mol. The van der Waals surface area contributed by atoms with Crippen molar-refractivity contribution in [1.29, 1.82) is 0 Å². The third kappa shape index (κ3) is 3.09. The van der Waals surface area contributed by atoms with E-state index in [1.54, 1.807) is 25.3 Å². The lowest BCUT2D eigenvalue weighted by Gasteiger charge is -2.09. The van der Waals surface area contributed by atoms with Crippen LogP contribution in [0.2, 0.25) is 0 Å². The van der Waals surface area contributed by atoms with Crippen LogP contribution in [0.15, 0.2) is 42.5 Å². The van der Waals surface area contributed by atoms with Gasteiger partial charge >= 0.3 is 0 Å². The molecule has 0 aromatic heterocycles. The van der Waals surface area contributed by atoms with Crippen LogP contribution in [0.25, 0.3) is 0 Å². The van der Waals surface area contributed by atoms with Crippen LogP contribution < -0.4 is 15.8 Å². The third-order valence-electron chi connectivity index (χ3n) is 3.12. The normalized spacial score (nSPS) is 10.1. The van der Waals surface area contributed by atoms with E-state index in [0.717, 1.165) is 12.1 Å². The van der Waals surface area contributed by atoms with Crippen molar-refractivity contribution < 1.29 is 9.53 Å². The summed E-state index contributed by atoms with van der Waals surface area (Å²) >= 11 is 0. The van der Waals surface area contributed by atoms with Crippen molar-refractivity contribution in [1.82, 2.24) is 0 Å². The standard InChI is InChI=1S/C16H18N2O2/c1-3-11-4-6-12(7-5-11)18-16(19)14-9-8-13(20-2)10-15(14)17/h4-10H,3,17H2,1-2H3,(H,18,19). The zero-order valence-corrected chi connectivity index (χ0v) is 11.6. The first kappa shape index (κ1) is 13.9. The molecule has 2 aromatic carbocycles. The predicted molar refractivity (Wildman–Crippen MR) is 81.2 cm³/mol. The number of hydrogen-bond acceptors (Lipinski definition) is 3. The second-order valence-electron chi connectivity index (χ2n) is 4.46. The average molecular weight is 270 g/mol. The van der Waals surface area contributed by atoms with Crippen molar-refractivity contribution in [2.45, 2.75) is 13.3 Å². The fourth-order valence-corrected chi connectivity index (χ4v) is 1.90. The molecule has 1 amide bonds. The summed E-state index contributed by atoms with van der Waals surface area (Å²) in [5, 5.41) is 2.83. The summed E-state index contributed by atoms with van der Waals surface area (Å²) in [6, 6.07) is 12.8. The first-order valence-electron chi connectivity index (χ1n) is 6.48. The molecule has 0 bridgehead atoms. The van der Waals surface area contributed by atoms with Crippen LogP contribution in [0.3, 0.4) is 0 Å². The summed E-state index contributed by atoms with van der Waals surface area (Å²) in [5.74, 6) is 0.403. The number of nitrogens with one attached hydrogen (secondary N) is 1. The first-order chi connectivity index (χ1) is 9.63. The number of ether oxygens (including phenoxy) is 1. The molecule has 0 spiro atoms. The Morgan fingerprint density at radius 1 is 1.20 bits per heavy atom. The second kappa shape index (κ2) is 6.10. The third-order valence-corrected chi connectivity index (χ3v) is 3.12. The average Bonchev–Trinajstić information content (AvgIpc) is 2.47. The molecule has 0 heterocycles. The van der Waals surface area contributed by atoms with Gasteiger partial charge in [-0.2, -0.15) is 0 Å². The number of aryl methyl sites for hydroxylation is 1. The highest BCUT2D eigenvalue weighted by molar-refractivity contribution is 6.07. The Balaban J connectivity index is 2.14. The van der Waals surface area contributed by atoms with Gasteiger partial charge in [0.1, 0.15) is 5.75 Å². The van der Waals surface area contributed by atoms with Crippen LogP contribution in [0.5, 0.6) is 5.75 Å². The van der Waals surface area contributed by atoms with E-state index in [-0.39, 0.29) is 5.91 Å². The maximum absolute atomic E-state index is 12.2. The van der Waals surface area contributed by atoms with E-state index in [1.165, 1.54) is 5.56 Å². The molecule has 0 saturated carbocycles. The van der Waals surface area contributed by atoms with Crippen LogP contribution in [0.1, 0.15) is 22.8 Å². The molecule has 0 saturated heterocycles. The SMILES string of the molecule is CCc1ccc(NC(=O)c2ccc(OC)cc2N)cc1. The molecule has 0 aliphatic rings. The van der Waals surface area contributed by atoms with Gasteiger partial charge in [0.05, 0.1) is 12.7 Å². The molecule has 4 nitrogen and oxygen atoms in total. The highest BCUT2D eigenvalue weighted by atomic mass is 16.5. The van der Waals surface area contributed by atoms with Crippen LogP contribution in [-0.4, -0.2) is 13.0 Å². The highest BCUT2D eigenvalue weighted by Crippen LogP contribution is 2.21. The Hall–Kier alpha value is -2.49. The smallest absolute Gasteiger partial charge is 0.257 e. The number of anilines is 2. The van der Waals surface area contributed by atoms with Gasteiger partial charge in [0.15, 0.2) is 0 Å². The lowest BCUT2D eigenvalue weighted by atomic mass is 10.1. The number of rotatable bonds is 4. The van der Waals surface area contributed by atoms with Gasteiger partial charge in [-0.15, -0.1) is 0 Å². The number of benzene rings is 2. The molecule has 4 heteroatoms. The van der Waals surface area contributed by atoms with Gasteiger partial charge in [-0.05, 0) is 36.2 Å². The van der Waals surface area contributed by atoms with E-state index < -0.39 is 0 Å². The van der Waals surface area contributed by atoms with E-state index >= 15 is 0 Å².